The minimum absolute atomic E-state index is 0.144. The van der Waals surface area contributed by atoms with Gasteiger partial charge < -0.3 is 16.0 Å². The van der Waals surface area contributed by atoms with Gasteiger partial charge in [-0.15, -0.1) is 10.2 Å². The largest absolute Gasteiger partial charge is 0.367 e. The number of aromatic nitrogens is 3. The molecule has 0 saturated heterocycles. The third-order valence-corrected chi connectivity index (χ3v) is 4.87. The number of anilines is 3. The van der Waals surface area contributed by atoms with Gasteiger partial charge in [-0.3, -0.25) is 9.78 Å². The van der Waals surface area contributed by atoms with E-state index < -0.39 is 0 Å². The molecule has 7 nitrogen and oxygen atoms in total. The first-order chi connectivity index (χ1) is 13.3. The van der Waals surface area contributed by atoms with Gasteiger partial charge in [0, 0.05) is 37.6 Å². The maximum Gasteiger partial charge on any atom is 0.220 e. The van der Waals surface area contributed by atoms with Crippen LogP contribution in [0.5, 0.6) is 0 Å². The van der Waals surface area contributed by atoms with Crippen molar-refractivity contribution in [1.82, 2.24) is 20.5 Å². The van der Waals surface area contributed by atoms with E-state index in [1.165, 1.54) is 32.1 Å². The Kier molecular flexibility index (Phi) is 7.38. The quantitative estimate of drug-likeness (QED) is 0.587. The molecule has 27 heavy (non-hydrogen) atoms. The predicted octanol–water partition coefficient (Wildman–Crippen LogP) is 3.50. The zero-order valence-electron chi connectivity index (χ0n) is 15.7. The van der Waals surface area contributed by atoms with Gasteiger partial charge in [-0.1, -0.05) is 32.1 Å². The SMILES string of the molecule is O=C(CCC1CCCCC1)NCCNc1ccc(Nc2ccncc2)nn1. The number of rotatable bonds is 9. The number of pyridine rings is 1. The minimum atomic E-state index is 0.144. The highest BCUT2D eigenvalue weighted by atomic mass is 16.1. The summed E-state index contributed by atoms with van der Waals surface area (Å²) < 4.78 is 0. The van der Waals surface area contributed by atoms with Crippen LogP contribution in [-0.2, 0) is 4.79 Å². The number of carbonyl (C=O) groups excluding carboxylic acids is 1. The lowest BCUT2D eigenvalue weighted by Crippen LogP contribution is -2.29. The Bertz CT molecular complexity index is 685. The fourth-order valence-corrected chi connectivity index (χ4v) is 3.37. The number of nitrogens with zero attached hydrogens (tertiary/aromatic N) is 3. The lowest BCUT2D eigenvalue weighted by molar-refractivity contribution is -0.121. The topological polar surface area (TPSA) is 91.8 Å². The van der Waals surface area contributed by atoms with E-state index in [4.69, 9.17) is 0 Å². The van der Waals surface area contributed by atoms with Crippen LogP contribution in [0.25, 0.3) is 0 Å². The average molecular weight is 368 g/mol. The van der Waals surface area contributed by atoms with E-state index in [0.29, 0.717) is 31.1 Å². The van der Waals surface area contributed by atoms with Crippen LogP contribution in [0.3, 0.4) is 0 Å². The van der Waals surface area contributed by atoms with Crippen LogP contribution in [0.15, 0.2) is 36.7 Å². The highest BCUT2D eigenvalue weighted by Gasteiger charge is 2.14. The second kappa shape index (κ2) is 10.4. The fourth-order valence-electron chi connectivity index (χ4n) is 3.37. The van der Waals surface area contributed by atoms with Gasteiger partial charge in [-0.25, -0.2) is 0 Å². The molecule has 0 bridgehead atoms. The molecule has 1 fully saturated rings. The smallest absolute Gasteiger partial charge is 0.220 e. The van der Waals surface area contributed by atoms with Crippen molar-refractivity contribution in [3.05, 3.63) is 36.7 Å². The molecule has 7 heteroatoms. The van der Waals surface area contributed by atoms with Crippen LogP contribution < -0.4 is 16.0 Å². The van der Waals surface area contributed by atoms with Crippen LogP contribution in [0.4, 0.5) is 17.3 Å². The zero-order chi connectivity index (χ0) is 18.7. The summed E-state index contributed by atoms with van der Waals surface area (Å²) in [5.74, 6) is 2.25. The van der Waals surface area contributed by atoms with Gasteiger partial charge in [0.25, 0.3) is 0 Å². The van der Waals surface area contributed by atoms with Gasteiger partial charge in [0.2, 0.25) is 5.91 Å². The zero-order valence-corrected chi connectivity index (χ0v) is 15.7. The molecule has 1 saturated carbocycles. The Hall–Kier alpha value is -2.70. The van der Waals surface area contributed by atoms with E-state index in [2.05, 4.69) is 31.1 Å². The summed E-state index contributed by atoms with van der Waals surface area (Å²) >= 11 is 0. The second-order valence-corrected chi connectivity index (χ2v) is 6.98. The number of hydrogen-bond donors (Lipinski definition) is 3. The molecular formula is C20H28N6O. The van der Waals surface area contributed by atoms with E-state index in [9.17, 15) is 4.79 Å². The third kappa shape index (κ3) is 6.84. The maximum absolute atomic E-state index is 11.9. The molecule has 2 aromatic rings. The van der Waals surface area contributed by atoms with Gasteiger partial charge in [0.1, 0.15) is 5.82 Å². The molecule has 3 rings (SSSR count). The minimum Gasteiger partial charge on any atom is -0.367 e. The van der Waals surface area contributed by atoms with Crippen LogP contribution in [0.1, 0.15) is 44.9 Å². The summed E-state index contributed by atoms with van der Waals surface area (Å²) in [7, 11) is 0. The second-order valence-electron chi connectivity index (χ2n) is 6.98. The molecule has 1 aliphatic carbocycles. The summed E-state index contributed by atoms with van der Waals surface area (Å²) in [6.07, 6.45) is 11.7. The molecule has 1 aliphatic rings. The molecule has 0 radical (unpaired) electrons. The molecule has 144 valence electrons. The molecule has 0 spiro atoms. The van der Waals surface area contributed by atoms with Crippen LogP contribution in [-0.4, -0.2) is 34.2 Å². The monoisotopic (exact) mass is 368 g/mol. The number of carbonyl (C=O) groups is 1. The molecule has 3 N–H and O–H groups in total. The fraction of sp³-hybridized carbons (Fsp3) is 0.500. The predicted molar refractivity (Wildman–Crippen MR) is 107 cm³/mol. The van der Waals surface area contributed by atoms with E-state index in [0.717, 1.165) is 18.0 Å². The molecule has 0 atom stereocenters. The Morgan fingerprint density at radius 2 is 1.70 bits per heavy atom. The van der Waals surface area contributed by atoms with Gasteiger partial charge in [-0.05, 0) is 36.6 Å². The van der Waals surface area contributed by atoms with Crippen molar-refractivity contribution in [3.63, 3.8) is 0 Å². The van der Waals surface area contributed by atoms with Crippen molar-refractivity contribution in [3.8, 4) is 0 Å². The van der Waals surface area contributed by atoms with Crippen molar-refractivity contribution in [2.45, 2.75) is 44.9 Å². The van der Waals surface area contributed by atoms with Crippen LogP contribution in [0, 0.1) is 5.92 Å². The van der Waals surface area contributed by atoms with E-state index in [-0.39, 0.29) is 5.91 Å². The van der Waals surface area contributed by atoms with Crippen LogP contribution >= 0.6 is 0 Å². The van der Waals surface area contributed by atoms with E-state index in [1.807, 2.05) is 24.3 Å². The third-order valence-electron chi connectivity index (χ3n) is 4.87. The molecule has 2 heterocycles. The van der Waals surface area contributed by atoms with Gasteiger partial charge in [0.15, 0.2) is 5.82 Å². The average Bonchev–Trinajstić information content (AvgIpc) is 2.72. The first-order valence-corrected chi connectivity index (χ1v) is 9.81. The van der Waals surface area contributed by atoms with Gasteiger partial charge in [0.05, 0.1) is 0 Å². The molecule has 0 aliphatic heterocycles. The first-order valence-electron chi connectivity index (χ1n) is 9.81. The molecule has 2 aromatic heterocycles. The van der Waals surface area contributed by atoms with Crippen molar-refractivity contribution < 1.29 is 4.79 Å². The van der Waals surface area contributed by atoms with Crippen LogP contribution in [0.2, 0.25) is 0 Å². The van der Waals surface area contributed by atoms with E-state index in [1.54, 1.807) is 12.4 Å². The number of nitrogens with one attached hydrogen (secondary N) is 3. The summed E-state index contributed by atoms with van der Waals surface area (Å²) in [5.41, 5.74) is 0.913. The normalized spacial score (nSPS) is 14.5. The summed E-state index contributed by atoms with van der Waals surface area (Å²) in [5, 5.41) is 17.6. The Labute approximate surface area is 160 Å². The first kappa shape index (κ1) is 19.1. The molecule has 0 unspecified atom stereocenters. The maximum atomic E-state index is 11.9. The Morgan fingerprint density at radius 3 is 2.44 bits per heavy atom. The van der Waals surface area contributed by atoms with Gasteiger partial charge in [-0.2, -0.15) is 0 Å². The summed E-state index contributed by atoms with van der Waals surface area (Å²) in [6.45, 7) is 1.21. The lowest BCUT2D eigenvalue weighted by atomic mass is 9.86. The lowest BCUT2D eigenvalue weighted by Gasteiger charge is -2.20. The number of hydrogen-bond acceptors (Lipinski definition) is 6. The molecule has 0 aromatic carbocycles. The standard InChI is InChI=1S/C20H28N6O/c27-20(9-6-16-4-2-1-3-5-16)23-15-14-22-18-7-8-19(26-25-18)24-17-10-12-21-13-11-17/h7-8,10-13,16H,1-6,9,14-15H2,(H,22,25)(H,23,27)(H,21,24,26). The highest BCUT2D eigenvalue weighted by Crippen LogP contribution is 2.27. The summed E-state index contributed by atoms with van der Waals surface area (Å²) in [4.78, 5) is 15.9. The Morgan fingerprint density at radius 1 is 0.963 bits per heavy atom. The highest BCUT2D eigenvalue weighted by molar-refractivity contribution is 5.75. The summed E-state index contributed by atoms with van der Waals surface area (Å²) in [6, 6.07) is 7.45. The number of amides is 1. The van der Waals surface area contributed by atoms with Crippen molar-refractivity contribution in [2.75, 3.05) is 23.7 Å². The van der Waals surface area contributed by atoms with Gasteiger partial charge >= 0.3 is 0 Å². The molecule has 1 amide bonds. The molecular weight excluding hydrogens is 340 g/mol. The van der Waals surface area contributed by atoms with Crippen molar-refractivity contribution >= 4 is 23.2 Å². The van der Waals surface area contributed by atoms with E-state index >= 15 is 0 Å². The Balaban J connectivity index is 1.30. The van der Waals surface area contributed by atoms with Crippen molar-refractivity contribution in [1.29, 1.82) is 0 Å². The van der Waals surface area contributed by atoms with Crippen molar-refractivity contribution in [2.24, 2.45) is 5.92 Å².